The Hall–Kier alpha value is -0.470. The lowest BCUT2D eigenvalue weighted by atomic mass is 10.1. The average molecular weight is 294 g/mol. The van der Waals surface area contributed by atoms with Crippen molar-refractivity contribution in [3.8, 4) is 0 Å². The summed E-state index contributed by atoms with van der Waals surface area (Å²) in [5.41, 5.74) is 1.86. The minimum atomic E-state index is -0.754. The van der Waals surface area contributed by atoms with Crippen LogP contribution in [0.4, 0.5) is 0 Å². The van der Waals surface area contributed by atoms with Gasteiger partial charge in [-0.15, -0.1) is 0 Å². The monoisotopic (exact) mass is 292 g/mol. The van der Waals surface area contributed by atoms with Crippen molar-refractivity contribution in [2.24, 2.45) is 0 Å². The van der Waals surface area contributed by atoms with E-state index in [1.807, 2.05) is 6.07 Å². The van der Waals surface area contributed by atoms with Crippen molar-refractivity contribution in [2.75, 3.05) is 0 Å². The second-order valence-electron chi connectivity index (χ2n) is 3.14. The van der Waals surface area contributed by atoms with E-state index >= 15 is 0 Å². The summed E-state index contributed by atoms with van der Waals surface area (Å²) in [4.78, 5) is 11.0. The van der Waals surface area contributed by atoms with Gasteiger partial charge < -0.3 is 0 Å². The lowest BCUT2D eigenvalue weighted by Gasteiger charge is -2.02. The number of fused-ring (bicyclic) bond motifs is 1. The Labute approximate surface area is 112 Å². The van der Waals surface area contributed by atoms with E-state index in [-0.39, 0.29) is 10.1 Å². The third kappa shape index (κ3) is 1.78. The molecule has 16 heavy (non-hydrogen) atoms. The van der Waals surface area contributed by atoms with Crippen LogP contribution in [0, 0.1) is 0 Å². The first-order chi connectivity index (χ1) is 7.54. The molecule has 1 aliphatic carbocycles. The number of carbonyl (C=O) groups excluding carboxylic acids is 1. The van der Waals surface area contributed by atoms with Crippen molar-refractivity contribution in [2.45, 2.75) is 0 Å². The third-order valence-corrected chi connectivity index (χ3v) is 3.75. The molecule has 82 valence electrons. The van der Waals surface area contributed by atoms with Gasteiger partial charge in [0.25, 0.3) is 5.24 Å². The van der Waals surface area contributed by atoms with E-state index in [1.165, 1.54) is 0 Å². The normalized spacial score (nSPS) is 17.5. The Bertz CT molecular complexity index is 543. The van der Waals surface area contributed by atoms with Crippen LogP contribution < -0.4 is 0 Å². The van der Waals surface area contributed by atoms with Crippen LogP contribution in [0.5, 0.6) is 0 Å². The minimum Gasteiger partial charge on any atom is -0.275 e. The van der Waals surface area contributed by atoms with Crippen LogP contribution in [0.2, 0.25) is 0 Å². The van der Waals surface area contributed by atoms with Crippen LogP contribution in [0.1, 0.15) is 11.1 Å². The van der Waals surface area contributed by atoms with Crippen LogP contribution in [-0.4, -0.2) is 5.24 Å². The van der Waals surface area contributed by atoms with Crippen LogP contribution in [0.3, 0.4) is 0 Å². The number of hydrogen-bond donors (Lipinski definition) is 0. The van der Waals surface area contributed by atoms with Gasteiger partial charge >= 0.3 is 0 Å². The highest BCUT2D eigenvalue weighted by Crippen LogP contribution is 2.47. The number of hydrogen-bond acceptors (Lipinski definition) is 1. The maximum absolute atomic E-state index is 11.0. The molecule has 0 radical (unpaired) electrons. The number of benzene rings is 1. The predicted molar refractivity (Wildman–Crippen MR) is 68.7 cm³/mol. The number of carbonyl (C=O) groups is 1. The highest BCUT2D eigenvalue weighted by Gasteiger charge is 2.27. The fourth-order valence-corrected chi connectivity index (χ4v) is 2.45. The lowest BCUT2D eigenvalue weighted by Crippen LogP contribution is -1.91. The molecule has 5 heteroatoms. The zero-order chi connectivity index (χ0) is 11.9. The zero-order valence-corrected chi connectivity index (χ0v) is 10.8. The molecule has 0 amide bonds. The summed E-state index contributed by atoms with van der Waals surface area (Å²) < 4.78 is 0. The molecule has 0 heterocycles. The van der Waals surface area contributed by atoms with Gasteiger partial charge in [0.2, 0.25) is 0 Å². The van der Waals surface area contributed by atoms with E-state index in [4.69, 9.17) is 46.4 Å². The fraction of sp³-hybridized carbons (Fsp3) is 0. The van der Waals surface area contributed by atoms with Crippen LogP contribution in [0.15, 0.2) is 34.3 Å². The molecule has 0 saturated carbocycles. The lowest BCUT2D eigenvalue weighted by molar-refractivity contribution is -0.108. The predicted octanol–water partition coefficient (Wildman–Crippen LogP) is 4.56. The van der Waals surface area contributed by atoms with Crippen molar-refractivity contribution >= 4 is 62.3 Å². The Kier molecular flexibility index (Phi) is 3.32. The summed E-state index contributed by atoms with van der Waals surface area (Å²) >= 11 is 23.2. The largest absolute Gasteiger partial charge is 0.275 e. The van der Waals surface area contributed by atoms with Crippen molar-refractivity contribution in [1.82, 2.24) is 0 Å². The van der Waals surface area contributed by atoms with Gasteiger partial charge in [0.1, 0.15) is 5.03 Å². The van der Waals surface area contributed by atoms with Crippen LogP contribution in [0.25, 0.3) is 10.6 Å². The number of halogens is 4. The molecule has 0 atom stereocenters. The SMILES string of the molecule is O=C(Cl)/C(Cl)=C1\C(Cl)=C(Cl)c2ccccc21. The van der Waals surface area contributed by atoms with Gasteiger partial charge in [0, 0.05) is 11.1 Å². The second kappa shape index (κ2) is 4.42. The standard InChI is InChI=1S/C11H4Cl4O/c12-8-6-4-2-1-3-5(6)7(9(8)13)10(14)11(15)16/h1-4H/b10-7+. The third-order valence-electron chi connectivity index (χ3n) is 2.24. The summed E-state index contributed by atoms with van der Waals surface area (Å²) in [5.74, 6) is 0. The molecule has 0 aromatic heterocycles. The molecule has 1 aromatic rings. The fourth-order valence-electron chi connectivity index (χ4n) is 1.55. The number of rotatable bonds is 1. The first-order valence-corrected chi connectivity index (χ1v) is 5.80. The molecule has 0 unspecified atom stereocenters. The van der Waals surface area contributed by atoms with E-state index in [1.54, 1.807) is 18.2 Å². The first kappa shape index (κ1) is 12.0. The Balaban J connectivity index is 2.76. The summed E-state index contributed by atoms with van der Waals surface area (Å²) in [6.07, 6.45) is 0. The van der Waals surface area contributed by atoms with Gasteiger partial charge in [0.05, 0.1) is 10.1 Å². The van der Waals surface area contributed by atoms with Gasteiger partial charge in [0.15, 0.2) is 0 Å². The number of allylic oxidation sites excluding steroid dienone is 3. The van der Waals surface area contributed by atoms with E-state index in [0.717, 1.165) is 11.1 Å². The van der Waals surface area contributed by atoms with Crippen molar-refractivity contribution < 1.29 is 4.79 Å². The Morgan fingerprint density at radius 2 is 1.50 bits per heavy atom. The van der Waals surface area contributed by atoms with Gasteiger partial charge in [-0.25, -0.2) is 0 Å². The van der Waals surface area contributed by atoms with Crippen molar-refractivity contribution in [1.29, 1.82) is 0 Å². The van der Waals surface area contributed by atoms with Gasteiger partial charge in [-0.1, -0.05) is 59.1 Å². The summed E-state index contributed by atoms with van der Waals surface area (Å²) in [7, 11) is 0. The van der Waals surface area contributed by atoms with Gasteiger partial charge in [-0.05, 0) is 17.2 Å². The smallest absolute Gasteiger partial charge is 0.264 e. The Morgan fingerprint density at radius 1 is 0.938 bits per heavy atom. The van der Waals surface area contributed by atoms with E-state index in [2.05, 4.69) is 0 Å². The van der Waals surface area contributed by atoms with Crippen molar-refractivity contribution in [3.63, 3.8) is 0 Å². The summed E-state index contributed by atoms with van der Waals surface area (Å²) in [6, 6.07) is 7.21. The molecule has 1 nitrogen and oxygen atoms in total. The highest BCUT2D eigenvalue weighted by molar-refractivity contribution is 6.76. The summed E-state index contributed by atoms with van der Waals surface area (Å²) in [6.45, 7) is 0. The topological polar surface area (TPSA) is 17.1 Å². The molecule has 1 aromatic carbocycles. The zero-order valence-electron chi connectivity index (χ0n) is 7.73. The quantitative estimate of drug-likeness (QED) is 0.548. The average Bonchev–Trinajstić information content (AvgIpc) is 2.52. The molecule has 2 rings (SSSR count). The molecule has 0 saturated heterocycles. The highest BCUT2D eigenvalue weighted by atomic mass is 35.5. The second-order valence-corrected chi connectivity index (χ2v) is 4.61. The van der Waals surface area contributed by atoms with Gasteiger partial charge in [-0.3, -0.25) is 4.79 Å². The maximum Gasteiger partial charge on any atom is 0.264 e. The molecular weight excluding hydrogens is 290 g/mol. The molecular formula is C11H4Cl4O. The van der Waals surface area contributed by atoms with Crippen LogP contribution >= 0.6 is 46.4 Å². The van der Waals surface area contributed by atoms with E-state index in [9.17, 15) is 4.79 Å². The maximum atomic E-state index is 11.0. The summed E-state index contributed by atoms with van der Waals surface area (Å²) in [5, 5.41) is -0.240. The van der Waals surface area contributed by atoms with E-state index < -0.39 is 5.24 Å². The molecule has 0 N–H and O–H groups in total. The minimum absolute atomic E-state index is 0.116. The molecule has 0 fully saturated rings. The first-order valence-electron chi connectivity index (χ1n) is 4.29. The van der Waals surface area contributed by atoms with Crippen LogP contribution in [-0.2, 0) is 4.79 Å². The Morgan fingerprint density at radius 3 is 2.06 bits per heavy atom. The molecule has 0 bridgehead atoms. The van der Waals surface area contributed by atoms with Crippen molar-refractivity contribution in [3.05, 3.63) is 45.5 Å². The molecule has 1 aliphatic rings. The molecule has 0 spiro atoms. The van der Waals surface area contributed by atoms with Gasteiger partial charge in [-0.2, -0.15) is 0 Å². The van der Waals surface area contributed by atoms with E-state index in [0.29, 0.717) is 10.6 Å². The molecule has 0 aliphatic heterocycles.